The smallest absolute Gasteiger partial charge is 0.231 e. The van der Waals surface area contributed by atoms with Gasteiger partial charge in [-0.25, -0.2) is 4.98 Å². The van der Waals surface area contributed by atoms with Gasteiger partial charge < -0.3 is 9.47 Å². The van der Waals surface area contributed by atoms with E-state index < -0.39 is 0 Å². The Hall–Kier alpha value is -2.08. The van der Waals surface area contributed by atoms with Gasteiger partial charge in [0, 0.05) is 25.0 Å². The van der Waals surface area contributed by atoms with Crippen LogP contribution in [0.25, 0.3) is 0 Å². The molecule has 0 spiro atoms. The lowest BCUT2D eigenvalue weighted by atomic mass is 10.1. The minimum Gasteiger partial charge on any atom is -0.454 e. The zero-order valence-electron chi connectivity index (χ0n) is 11.0. The number of rotatable bonds is 4. The highest BCUT2D eigenvalue weighted by Crippen LogP contribution is 2.32. The van der Waals surface area contributed by atoms with Gasteiger partial charge in [0.2, 0.25) is 12.7 Å². The van der Waals surface area contributed by atoms with Crippen LogP contribution in [0.1, 0.15) is 12.0 Å². The summed E-state index contributed by atoms with van der Waals surface area (Å²) < 4.78 is 10.6. The summed E-state index contributed by atoms with van der Waals surface area (Å²) in [5.41, 5.74) is 1.06. The van der Waals surface area contributed by atoms with E-state index in [1.165, 1.54) is 11.3 Å². The fourth-order valence-electron chi connectivity index (χ4n) is 2.00. The van der Waals surface area contributed by atoms with E-state index in [0.717, 1.165) is 22.2 Å². The van der Waals surface area contributed by atoms with Crippen LogP contribution in [0.2, 0.25) is 0 Å². The summed E-state index contributed by atoms with van der Waals surface area (Å²) in [7, 11) is 1.75. The highest BCUT2D eigenvalue weighted by Gasteiger charge is 2.15. The Morgan fingerprint density at radius 3 is 3.05 bits per heavy atom. The molecule has 1 aromatic heterocycles. The van der Waals surface area contributed by atoms with Crippen LogP contribution in [0.15, 0.2) is 29.8 Å². The first-order valence-corrected chi connectivity index (χ1v) is 7.16. The third kappa shape index (κ3) is 2.60. The van der Waals surface area contributed by atoms with Crippen molar-refractivity contribution in [1.82, 2.24) is 4.98 Å². The number of benzene rings is 1. The van der Waals surface area contributed by atoms with Gasteiger partial charge in [0.15, 0.2) is 16.6 Å². The minimum absolute atomic E-state index is 0.0533. The predicted molar refractivity (Wildman–Crippen MR) is 76.4 cm³/mol. The van der Waals surface area contributed by atoms with Crippen molar-refractivity contribution in [1.29, 1.82) is 0 Å². The summed E-state index contributed by atoms with van der Waals surface area (Å²) in [5, 5.41) is 2.58. The lowest BCUT2D eigenvalue weighted by molar-refractivity contribution is -0.118. The van der Waals surface area contributed by atoms with Crippen LogP contribution in [0, 0.1) is 0 Å². The van der Waals surface area contributed by atoms with Gasteiger partial charge in [-0.15, -0.1) is 11.3 Å². The molecule has 20 heavy (non-hydrogen) atoms. The number of fused-ring (bicyclic) bond motifs is 1. The SMILES string of the molecule is CN(C(=O)CCc1ccc2c(c1)OCO2)c1nccs1. The maximum absolute atomic E-state index is 12.1. The number of amides is 1. The molecule has 0 bridgehead atoms. The van der Waals surface area contributed by atoms with Crippen LogP contribution in [-0.4, -0.2) is 24.7 Å². The predicted octanol–water partition coefficient (Wildman–Crippen LogP) is 2.47. The normalized spacial score (nSPS) is 12.4. The first-order chi connectivity index (χ1) is 9.74. The molecule has 2 heterocycles. The fraction of sp³-hybridized carbons (Fsp3) is 0.286. The van der Waals surface area contributed by atoms with Crippen LogP contribution in [-0.2, 0) is 11.2 Å². The Morgan fingerprint density at radius 1 is 1.40 bits per heavy atom. The summed E-state index contributed by atoms with van der Waals surface area (Å²) >= 11 is 1.45. The average molecular weight is 290 g/mol. The molecule has 0 atom stereocenters. The van der Waals surface area contributed by atoms with Gasteiger partial charge in [0.25, 0.3) is 0 Å². The molecule has 6 heteroatoms. The molecular weight excluding hydrogens is 276 g/mol. The topological polar surface area (TPSA) is 51.7 Å². The number of carbonyl (C=O) groups is 1. The molecule has 0 unspecified atom stereocenters. The monoisotopic (exact) mass is 290 g/mol. The van der Waals surface area contributed by atoms with Crippen molar-refractivity contribution in [2.45, 2.75) is 12.8 Å². The highest BCUT2D eigenvalue weighted by molar-refractivity contribution is 7.13. The molecule has 2 aromatic rings. The summed E-state index contributed by atoms with van der Waals surface area (Å²) in [4.78, 5) is 17.8. The highest BCUT2D eigenvalue weighted by atomic mass is 32.1. The Balaban J connectivity index is 1.60. The number of carbonyl (C=O) groups excluding carboxylic acids is 1. The number of aryl methyl sites for hydroxylation is 1. The lowest BCUT2D eigenvalue weighted by Gasteiger charge is -2.13. The van der Waals surface area contributed by atoms with Crippen LogP contribution in [0.5, 0.6) is 11.5 Å². The molecular formula is C14H14N2O3S. The van der Waals surface area contributed by atoms with Crippen molar-refractivity contribution in [3.63, 3.8) is 0 Å². The van der Waals surface area contributed by atoms with Gasteiger partial charge in [-0.05, 0) is 24.1 Å². The van der Waals surface area contributed by atoms with Gasteiger partial charge >= 0.3 is 0 Å². The second kappa shape index (κ2) is 5.50. The van der Waals surface area contributed by atoms with Gasteiger partial charge in [0.05, 0.1) is 0 Å². The Labute approximate surface area is 120 Å². The molecule has 0 saturated heterocycles. The molecule has 0 radical (unpaired) electrons. The average Bonchev–Trinajstić information content (AvgIpc) is 3.13. The molecule has 0 aliphatic carbocycles. The summed E-state index contributed by atoms with van der Waals surface area (Å²) in [6.07, 6.45) is 2.81. The number of ether oxygens (including phenoxy) is 2. The first-order valence-electron chi connectivity index (χ1n) is 6.28. The molecule has 5 nitrogen and oxygen atoms in total. The number of aromatic nitrogens is 1. The fourth-order valence-corrected chi connectivity index (χ4v) is 2.63. The van der Waals surface area contributed by atoms with E-state index in [4.69, 9.17) is 9.47 Å². The number of hydrogen-bond acceptors (Lipinski definition) is 5. The second-order valence-corrected chi connectivity index (χ2v) is 5.33. The zero-order valence-corrected chi connectivity index (χ0v) is 11.9. The largest absolute Gasteiger partial charge is 0.454 e. The van der Waals surface area contributed by atoms with Crippen LogP contribution in [0.4, 0.5) is 5.13 Å². The van der Waals surface area contributed by atoms with Crippen molar-refractivity contribution in [2.75, 3.05) is 18.7 Å². The van der Waals surface area contributed by atoms with Gasteiger partial charge in [-0.1, -0.05) is 6.07 Å². The van der Waals surface area contributed by atoms with Crippen LogP contribution >= 0.6 is 11.3 Å². The third-order valence-electron chi connectivity index (χ3n) is 3.14. The number of thiazole rings is 1. The maximum atomic E-state index is 12.1. The molecule has 1 aliphatic rings. The molecule has 0 saturated carbocycles. The summed E-state index contributed by atoms with van der Waals surface area (Å²) in [6, 6.07) is 5.77. The van der Waals surface area contributed by atoms with E-state index in [0.29, 0.717) is 12.8 Å². The standard InChI is InChI=1S/C14H14N2O3S/c1-16(14-15-6-7-20-14)13(17)5-3-10-2-4-11-12(8-10)19-9-18-11/h2,4,6-8H,3,5,9H2,1H3. The van der Waals surface area contributed by atoms with Crippen molar-refractivity contribution < 1.29 is 14.3 Å². The lowest BCUT2D eigenvalue weighted by Crippen LogP contribution is -2.26. The molecule has 1 amide bonds. The zero-order chi connectivity index (χ0) is 13.9. The summed E-state index contributed by atoms with van der Waals surface area (Å²) in [5.74, 6) is 1.57. The van der Waals surface area contributed by atoms with E-state index in [2.05, 4.69) is 4.98 Å². The number of hydrogen-bond donors (Lipinski definition) is 0. The molecule has 0 N–H and O–H groups in total. The van der Waals surface area contributed by atoms with Crippen LogP contribution < -0.4 is 14.4 Å². The maximum Gasteiger partial charge on any atom is 0.231 e. The molecule has 104 valence electrons. The van der Waals surface area contributed by atoms with Crippen molar-refractivity contribution in [3.05, 3.63) is 35.3 Å². The van der Waals surface area contributed by atoms with E-state index in [1.807, 2.05) is 23.6 Å². The van der Waals surface area contributed by atoms with Crippen molar-refractivity contribution >= 4 is 22.4 Å². The minimum atomic E-state index is 0.0533. The first kappa shape index (κ1) is 12.9. The molecule has 3 rings (SSSR count). The third-order valence-corrected chi connectivity index (χ3v) is 3.99. The van der Waals surface area contributed by atoms with E-state index >= 15 is 0 Å². The van der Waals surface area contributed by atoms with Gasteiger partial charge in [0.1, 0.15) is 0 Å². The molecule has 1 aromatic carbocycles. The Bertz CT molecular complexity index is 613. The number of anilines is 1. The number of nitrogens with zero attached hydrogens (tertiary/aromatic N) is 2. The summed E-state index contributed by atoms with van der Waals surface area (Å²) in [6.45, 7) is 0.268. The van der Waals surface area contributed by atoms with Gasteiger partial charge in [-0.2, -0.15) is 0 Å². The molecule has 1 aliphatic heterocycles. The second-order valence-electron chi connectivity index (χ2n) is 4.46. The van der Waals surface area contributed by atoms with E-state index in [9.17, 15) is 4.79 Å². The van der Waals surface area contributed by atoms with Gasteiger partial charge in [-0.3, -0.25) is 9.69 Å². The van der Waals surface area contributed by atoms with E-state index in [1.54, 1.807) is 18.1 Å². The van der Waals surface area contributed by atoms with E-state index in [-0.39, 0.29) is 12.7 Å². The van der Waals surface area contributed by atoms with Crippen LogP contribution in [0.3, 0.4) is 0 Å². The Kier molecular flexibility index (Phi) is 3.56. The van der Waals surface area contributed by atoms with Crippen molar-refractivity contribution in [2.24, 2.45) is 0 Å². The Morgan fingerprint density at radius 2 is 2.25 bits per heavy atom. The quantitative estimate of drug-likeness (QED) is 0.868. The molecule has 0 fully saturated rings. The van der Waals surface area contributed by atoms with Crippen molar-refractivity contribution in [3.8, 4) is 11.5 Å².